The number of nitrogens with two attached hydrogens (primary N) is 1. The quantitative estimate of drug-likeness (QED) is 0.474. The number of anilines is 2. The first kappa shape index (κ1) is 23.2. The summed E-state index contributed by atoms with van der Waals surface area (Å²) in [7, 11) is 0. The summed E-state index contributed by atoms with van der Waals surface area (Å²) in [6.45, 7) is 2.23. The molecular weight excluding hydrogens is 391 g/mol. The highest BCUT2D eigenvalue weighted by Crippen LogP contribution is 2.27. The maximum atomic E-state index is 12.4. The predicted octanol–water partition coefficient (Wildman–Crippen LogP) is 4.40. The fraction of sp³-hybridized carbons (Fsp3) is 0.273. The zero-order chi connectivity index (χ0) is 21.7. The van der Waals surface area contributed by atoms with E-state index in [4.69, 9.17) is 5.73 Å². The van der Waals surface area contributed by atoms with Crippen LogP contribution in [-0.2, 0) is 12.6 Å². The minimum absolute atomic E-state index is 0.472. The average molecular weight is 417 g/mol. The van der Waals surface area contributed by atoms with Gasteiger partial charge in [0.25, 0.3) is 0 Å². The zero-order valence-electron chi connectivity index (χ0n) is 16.6. The van der Waals surface area contributed by atoms with Gasteiger partial charge in [-0.25, -0.2) is 4.98 Å². The van der Waals surface area contributed by atoms with E-state index in [1.54, 1.807) is 6.20 Å². The fourth-order valence-electron chi connectivity index (χ4n) is 2.49. The van der Waals surface area contributed by atoms with Gasteiger partial charge < -0.3 is 16.4 Å². The van der Waals surface area contributed by atoms with Crippen LogP contribution in [0.4, 0.5) is 24.7 Å². The normalized spacial score (nSPS) is 10.8. The van der Waals surface area contributed by atoms with Crippen LogP contribution < -0.4 is 16.4 Å². The van der Waals surface area contributed by atoms with Crippen molar-refractivity contribution in [3.05, 3.63) is 84.3 Å². The van der Waals surface area contributed by atoms with Crippen LogP contribution in [0.5, 0.6) is 0 Å². The van der Waals surface area contributed by atoms with Crippen LogP contribution in [0.2, 0.25) is 0 Å². The predicted molar refractivity (Wildman–Crippen MR) is 114 cm³/mol. The summed E-state index contributed by atoms with van der Waals surface area (Å²) in [5.41, 5.74) is 6.45. The number of nitrogens with one attached hydrogen (secondary N) is 2. The largest absolute Gasteiger partial charge is 0.433 e. The van der Waals surface area contributed by atoms with Crippen molar-refractivity contribution in [2.75, 3.05) is 30.7 Å². The molecule has 0 bridgehead atoms. The third-order valence-corrected chi connectivity index (χ3v) is 4.06. The van der Waals surface area contributed by atoms with Crippen molar-refractivity contribution in [2.24, 2.45) is 0 Å². The number of halogens is 3. The van der Waals surface area contributed by atoms with E-state index in [1.807, 2.05) is 48.5 Å². The van der Waals surface area contributed by atoms with Crippen LogP contribution in [0.1, 0.15) is 17.7 Å². The summed E-state index contributed by atoms with van der Waals surface area (Å²) < 4.78 is 37.2. The molecule has 0 spiro atoms. The molecule has 0 amide bonds. The van der Waals surface area contributed by atoms with Crippen LogP contribution in [0.3, 0.4) is 0 Å². The Kier molecular flexibility index (Phi) is 9.60. The number of nitrogens with zero attached hydrogens (tertiary/aromatic N) is 2. The van der Waals surface area contributed by atoms with E-state index in [1.165, 1.54) is 12.3 Å². The second-order valence-electron chi connectivity index (χ2n) is 6.42. The van der Waals surface area contributed by atoms with Gasteiger partial charge in [0.2, 0.25) is 0 Å². The van der Waals surface area contributed by atoms with Crippen molar-refractivity contribution >= 4 is 11.5 Å². The maximum Gasteiger partial charge on any atom is 0.433 e. The van der Waals surface area contributed by atoms with Crippen LogP contribution >= 0.6 is 0 Å². The van der Waals surface area contributed by atoms with E-state index in [2.05, 4.69) is 20.6 Å². The van der Waals surface area contributed by atoms with Gasteiger partial charge in [-0.2, -0.15) is 13.2 Å². The molecule has 0 aliphatic rings. The molecule has 8 heteroatoms. The molecule has 30 heavy (non-hydrogen) atoms. The lowest BCUT2D eigenvalue weighted by Crippen LogP contribution is -2.21. The minimum Gasteiger partial charge on any atom is -0.382 e. The molecule has 5 nitrogen and oxygen atoms in total. The van der Waals surface area contributed by atoms with E-state index in [9.17, 15) is 13.2 Å². The molecule has 0 aliphatic carbocycles. The van der Waals surface area contributed by atoms with E-state index < -0.39 is 11.9 Å². The van der Waals surface area contributed by atoms with Crippen molar-refractivity contribution in [3.63, 3.8) is 0 Å². The molecule has 0 radical (unpaired) electrons. The Morgan fingerprint density at radius 3 is 2.10 bits per heavy atom. The number of pyridine rings is 2. The molecule has 160 valence electrons. The summed E-state index contributed by atoms with van der Waals surface area (Å²) in [5.74, 6) is 0.472. The molecular formula is C22H26F3N5. The van der Waals surface area contributed by atoms with Crippen LogP contribution in [0, 0.1) is 0 Å². The Bertz CT molecular complexity index is 813. The number of benzene rings is 1. The number of rotatable bonds is 8. The molecule has 2 heterocycles. The van der Waals surface area contributed by atoms with E-state index in [0.717, 1.165) is 36.8 Å². The molecule has 0 aliphatic heterocycles. The number of aromatic nitrogens is 2. The maximum absolute atomic E-state index is 12.4. The average Bonchev–Trinajstić information content (AvgIpc) is 2.76. The van der Waals surface area contributed by atoms with Gasteiger partial charge in [-0.05, 0) is 49.7 Å². The summed E-state index contributed by atoms with van der Waals surface area (Å²) >= 11 is 0. The lowest BCUT2D eigenvalue weighted by molar-refractivity contribution is -0.141. The summed E-state index contributed by atoms with van der Waals surface area (Å²) in [6.07, 6.45) is 0.0462. The zero-order valence-corrected chi connectivity index (χ0v) is 16.6. The highest BCUT2D eigenvalue weighted by atomic mass is 19.4. The highest BCUT2D eigenvalue weighted by Gasteiger charge is 2.31. The van der Waals surface area contributed by atoms with Gasteiger partial charge in [-0.15, -0.1) is 0 Å². The summed E-state index contributed by atoms with van der Waals surface area (Å²) in [5, 5.41) is 6.44. The molecule has 4 N–H and O–H groups in total. The van der Waals surface area contributed by atoms with Crippen molar-refractivity contribution in [2.45, 2.75) is 19.0 Å². The first-order chi connectivity index (χ1) is 14.5. The molecule has 0 fully saturated rings. The Hall–Kier alpha value is -3.13. The molecule has 0 saturated carbocycles. The van der Waals surface area contributed by atoms with Crippen molar-refractivity contribution < 1.29 is 13.2 Å². The minimum atomic E-state index is -4.39. The molecule has 1 aromatic carbocycles. The van der Waals surface area contributed by atoms with Crippen molar-refractivity contribution in [1.29, 1.82) is 0 Å². The number of hydrogen-bond donors (Lipinski definition) is 3. The smallest absolute Gasteiger partial charge is 0.382 e. The Balaban J connectivity index is 0.000000456. The number of hydrogen-bond acceptors (Lipinski definition) is 5. The Morgan fingerprint density at radius 2 is 1.53 bits per heavy atom. The number of nitrogen functional groups attached to an aromatic ring is 1. The van der Waals surface area contributed by atoms with E-state index in [0.29, 0.717) is 18.8 Å². The standard InChI is InChI=1S/C16H20F3N5.C6H6/c17-16(18,19)14-5-4-12(11-24-14)6-10-21-7-2-9-22-13-3-1-8-23-15(13)20;1-2-4-6-5-3-1/h1,3-5,8,11,21-22H,2,6-7,9-10H2,(H2,20,23);1-6H. The van der Waals surface area contributed by atoms with Gasteiger partial charge in [-0.3, -0.25) is 4.98 Å². The van der Waals surface area contributed by atoms with Crippen molar-refractivity contribution in [1.82, 2.24) is 15.3 Å². The molecule has 3 rings (SSSR count). The Morgan fingerprint density at radius 1 is 0.833 bits per heavy atom. The topological polar surface area (TPSA) is 75.9 Å². The lowest BCUT2D eigenvalue weighted by Gasteiger charge is -2.09. The van der Waals surface area contributed by atoms with Gasteiger partial charge in [0.05, 0.1) is 5.69 Å². The first-order valence-electron chi connectivity index (χ1n) is 9.64. The van der Waals surface area contributed by atoms with Gasteiger partial charge in [0.1, 0.15) is 11.5 Å². The second kappa shape index (κ2) is 12.4. The third kappa shape index (κ3) is 8.91. The molecule has 2 aromatic heterocycles. The van der Waals surface area contributed by atoms with Crippen LogP contribution in [-0.4, -0.2) is 29.6 Å². The highest BCUT2D eigenvalue weighted by molar-refractivity contribution is 5.60. The van der Waals surface area contributed by atoms with E-state index >= 15 is 0 Å². The Labute approximate surface area is 174 Å². The van der Waals surface area contributed by atoms with Crippen molar-refractivity contribution in [3.8, 4) is 0 Å². The summed E-state index contributed by atoms with van der Waals surface area (Å²) in [4.78, 5) is 7.43. The molecule has 0 unspecified atom stereocenters. The van der Waals surface area contributed by atoms with E-state index in [-0.39, 0.29) is 0 Å². The molecule has 0 atom stereocenters. The molecule has 3 aromatic rings. The van der Waals surface area contributed by atoms with Gasteiger partial charge >= 0.3 is 6.18 Å². The first-order valence-corrected chi connectivity index (χ1v) is 9.64. The SMILES string of the molecule is Nc1ncccc1NCCCNCCc1ccc(C(F)(F)F)nc1.c1ccccc1. The van der Waals surface area contributed by atoms with Gasteiger partial charge in [0, 0.05) is 18.9 Å². The lowest BCUT2D eigenvalue weighted by atomic mass is 10.2. The van der Waals surface area contributed by atoms with Gasteiger partial charge in [0.15, 0.2) is 0 Å². The number of alkyl halides is 3. The van der Waals surface area contributed by atoms with Crippen LogP contribution in [0.15, 0.2) is 73.1 Å². The second-order valence-corrected chi connectivity index (χ2v) is 6.42. The monoisotopic (exact) mass is 417 g/mol. The fourth-order valence-corrected chi connectivity index (χ4v) is 2.49. The summed E-state index contributed by atoms with van der Waals surface area (Å²) in [6, 6.07) is 18.2. The third-order valence-electron chi connectivity index (χ3n) is 4.06. The van der Waals surface area contributed by atoms with Crippen LogP contribution in [0.25, 0.3) is 0 Å². The van der Waals surface area contributed by atoms with Gasteiger partial charge in [-0.1, -0.05) is 42.5 Å². The molecule has 0 saturated heterocycles.